The number of fused-ring (bicyclic) bond motifs is 8. The van der Waals surface area contributed by atoms with Crippen molar-refractivity contribution in [2.24, 2.45) is 0 Å². The quantitative estimate of drug-likeness (QED) is 0.101. The van der Waals surface area contributed by atoms with E-state index in [0.717, 1.165) is 38.5 Å². The van der Waals surface area contributed by atoms with Gasteiger partial charge in [-0.2, -0.15) is 0 Å². The predicted molar refractivity (Wildman–Crippen MR) is 396 cm³/mol. The lowest BCUT2D eigenvalue weighted by molar-refractivity contribution is 0.504. The van der Waals surface area contributed by atoms with Crippen molar-refractivity contribution in [2.75, 3.05) is 9.80 Å². The van der Waals surface area contributed by atoms with Crippen LogP contribution in [0, 0.1) is 0 Å². The second kappa shape index (κ2) is 22.3. The maximum Gasteiger partial charge on any atom is 0.0543 e. The highest BCUT2D eigenvalue weighted by Gasteiger charge is 2.32. The van der Waals surface area contributed by atoms with Crippen LogP contribution in [0.15, 0.2) is 206 Å². The molecular formula is C88H86N4. The smallest absolute Gasteiger partial charge is 0.0543 e. The largest absolute Gasteiger partial charge is 0.310 e. The Morgan fingerprint density at radius 2 is 0.728 bits per heavy atom. The fraction of sp³-hybridized carbons (Fsp3) is 0.273. The number of benzene rings is 12. The summed E-state index contributed by atoms with van der Waals surface area (Å²) in [6, 6.07) is 80.8. The van der Waals surface area contributed by atoms with Crippen molar-refractivity contribution < 1.29 is 0 Å². The molecule has 0 aliphatic heterocycles. The van der Waals surface area contributed by atoms with Crippen LogP contribution < -0.4 is 9.80 Å². The molecule has 92 heavy (non-hydrogen) atoms. The van der Waals surface area contributed by atoms with E-state index in [1.165, 1.54) is 192 Å². The Morgan fingerprint density at radius 1 is 0.348 bits per heavy atom. The molecule has 0 spiro atoms. The van der Waals surface area contributed by atoms with Gasteiger partial charge in [0, 0.05) is 66.4 Å². The molecule has 0 N–H and O–H groups in total. The third kappa shape index (κ3) is 9.04. The van der Waals surface area contributed by atoms with E-state index in [0.29, 0.717) is 0 Å². The Balaban J connectivity index is 0.976. The molecule has 0 saturated carbocycles. The van der Waals surface area contributed by atoms with Crippen LogP contribution in [0.1, 0.15) is 164 Å². The summed E-state index contributed by atoms with van der Waals surface area (Å²) in [4.78, 5) is 5.39. The SMILES string of the molecule is CCC(C)(C)c1ccccc1-n1c2ccccc2c2cc(N(c3cccc4c3CCCC4)c3cc(C(C)C)c4ccc5c(N(c6ccc7c(c6)c6ccccc6n7-c6ccccc6C(C)(C)CC)c6cccc7c6CCCC7)cc(C(C)C)c6ccc3c4c65)ccc21. The Morgan fingerprint density at radius 3 is 1.15 bits per heavy atom. The Kier molecular flexibility index (Phi) is 14.1. The Bertz CT molecular complexity index is 4910. The zero-order chi connectivity index (χ0) is 62.9. The summed E-state index contributed by atoms with van der Waals surface area (Å²) >= 11 is 0. The van der Waals surface area contributed by atoms with Gasteiger partial charge in [-0.05, 0) is 238 Å². The van der Waals surface area contributed by atoms with Crippen molar-refractivity contribution in [3.05, 3.63) is 251 Å². The number of aromatic nitrogens is 2. The van der Waals surface area contributed by atoms with Gasteiger partial charge in [-0.25, -0.2) is 0 Å². The first-order valence-electron chi connectivity index (χ1n) is 34.6. The van der Waals surface area contributed by atoms with Crippen molar-refractivity contribution in [1.29, 1.82) is 0 Å². The zero-order valence-electron chi connectivity index (χ0n) is 55.6. The van der Waals surface area contributed by atoms with Gasteiger partial charge in [0.15, 0.2) is 0 Å². The summed E-state index contributed by atoms with van der Waals surface area (Å²) in [6.45, 7) is 23.8. The third-order valence-corrected chi connectivity index (χ3v) is 22.2. The molecular weight excluding hydrogens is 1110 g/mol. The van der Waals surface area contributed by atoms with Gasteiger partial charge >= 0.3 is 0 Å². The van der Waals surface area contributed by atoms with Gasteiger partial charge in [0.1, 0.15) is 0 Å². The standard InChI is InChI=1S/C88H86N4/c1-11-87(7,8)73-35-19-23-39-81(73)91-77-37-21-17-33-63(77)71-51-59(43-49-79(71)91)89(75-41-25-29-57-27-13-15-31-61(57)75)83-53-69(55(3)4)65-46-48-68-84(54-70(56(5)6)66-45-47-67(83)85(65)86(66)68)90(76-42-26-30-58-28-14-16-32-62(58)76)60-44-50-80-72(52-60)64-34-18-22-38-78(64)92(80)82-40-24-20-36-74(82)88(9,10)12-2/h17-26,29-30,33-56H,11-16,27-28,31-32H2,1-10H3. The maximum atomic E-state index is 2.70. The highest BCUT2D eigenvalue weighted by atomic mass is 15.2. The minimum absolute atomic E-state index is 0.00693. The van der Waals surface area contributed by atoms with E-state index < -0.39 is 0 Å². The normalized spacial score (nSPS) is 13.9. The summed E-state index contributed by atoms with van der Waals surface area (Å²) in [5.74, 6) is 0.506. The molecule has 2 aromatic heterocycles. The summed E-state index contributed by atoms with van der Waals surface area (Å²) in [5.41, 5.74) is 26.3. The molecule has 0 fully saturated rings. The fourth-order valence-corrected chi connectivity index (χ4v) is 16.7. The van der Waals surface area contributed by atoms with Crippen molar-refractivity contribution in [1.82, 2.24) is 9.13 Å². The van der Waals surface area contributed by atoms with Gasteiger partial charge in [0.05, 0.1) is 33.4 Å². The molecule has 0 saturated heterocycles. The second-order valence-electron chi connectivity index (χ2n) is 28.9. The predicted octanol–water partition coefficient (Wildman–Crippen LogP) is 25.1. The molecule has 0 radical (unpaired) electrons. The number of anilines is 6. The molecule has 4 nitrogen and oxygen atoms in total. The molecule has 0 unspecified atom stereocenters. The number of nitrogens with zero attached hydrogens (tertiary/aromatic N) is 4. The molecule has 14 aromatic rings. The van der Waals surface area contributed by atoms with E-state index in [2.05, 4.69) is 294 Å². The molecule has 458 valence electrons. The number of para-hydroxylation sites is 4. The maximum absolute atomic E-state index is 2.70. The van der Waals surface area contributed by atoms with Crippen LogP contribution in [0.2, 0.25) is 0 Å². The number of rotatable bonds is 14. The van der Waals surface area contributed by atoms with E-state index in [4.69, 9.17) is 0 Å². The summed E-state index contributed by atoms with van der Waals surface area (Å²) in [7, 11) is 0. The minimum Gasteiger partial charge on any atom is -0.310 e. The van der Waals surface area contributed by atoms with Crippen LogP contribution in [0.25, 0.3) is 87.3 Å². The molecule has 12 aromatic carbocycles. The second-order valence-corrected chi connectivity index (χ2v) is 28.9. The monoisotopic (exact) mass is 1200 g/mol. The van der Waals surface area contributed by atoms with Crippen LogP contribution in [0.3, 0.4) is 0 Å². The summed E-state index contributed by atoms with van der Waals surface area (Å²) < 4.78 is 5.10. The highest BCUT2D eigenvalue weighted by Crippen LogP contribution is 2.54. The van der Waals surface area contributed by atoms with Crippen molar-refractivity contribution >= 4 is 110 Å². The first-order valence-corrected chi connectivity index (χ1v) is 34.6. The van der Waals surface area contributed by atoms with Gasteiger partial charge in [-0.1, -0.05) is 191 Å². The average molecular weight is 1200 g/mol. The molecule has 4 heteroatoms. The highest BCUT2D eigenvalue weighted by molar-refractivity contribution is 6.30. The van der Waals surface area contributed by atoms with Crippen LogP contribution in [-0.2, 0) is 36.5 Å². The van der Waals surface area contributed by atoms with Gasteiger partial charge in [-0.15, -0.1) is 0 Å². The average Bonchev–Trinajstić information content (AvgIpc) is 0.833. The molecule has 16 rings (SSSR count). The fourth-order valence-electron chi connectivity index (χ4n) is 16.7. The van der Waals surface area contributed by atoms with E-state index in [9.17, 15) is 0 Å². The third-order valence-electron chi connectivity index (χ3n) is 22.2. The van der Waals surface area contributed by atoms with Crippen LogP contribution in [0.4, 0.5) is 34.1 Å². The van der Waals surface area contributed by atoms with Crippen LogP contribution >= 0.6 is 0 Å². The van der Waals surface area contributed by atoms with Crippen molar-refractivity contribution in [3.63, 3.8) is 0 Å². The van der Waals surface area contributed by atoms with E-state index in [-0.39, 0.29) is 22.7 Å². The number of hydrogen-bond acceptors (Lipinski definition) is 2. The van der Waals surface area contributed by atoms with Gasteiger partial charge < -0.3 is 18.9 Å². The lowest BCUT2D eigenvalue weighted by Crippen LogP contribution is -2.18. The lowest BCUT2D eigenvalue weighted by Gasteiger charge is -2.34. The topological polar surface area (TPSA) is 16.3 Å². The number of aryl methyl sites for hydroxylation is 2. The van der Waals surface area contributed by atoms with E-state index >= 15 is 0 Å². The molecule has 0 amide bonds. The van der Waals surface area contributed by atoms with Crippen LogP contribution in [-0.4, -0.2) is 9.13 Å². The zero-order valence-corrected chi connectivity index (χ0v) is 55.6. The first-order chi connectivity index (χ1) is 44.7. The van der Waals surface area contributed by atoms with Gasteiger partial charge in [0.25, 0.3) is 0 Å². The lowest BCUT2D eigenvalue weighted by atomic mass is 9.81. The summed E-state index contributed by atoms with van der Waals surface area (Å²) in [5, 5.41) is 13.0. The Labute approximate surface area is 544 Å². The first kappa shape index (κ1) is 58.0. The van der Waals surface area contributed by atoms with Gasteiger partial charge in [-0.3, -0.25) is 0 Å². The van der Waals surface area contributed by atoms with Crippen LogP contribution in [0.5, 0.6) is 0 Å². The molecule has 2 aliphatic rings. The summed E-state index contributed by atoms with van der Waals surface area (Å²) in [6.07, 6.45) is 11.3. The molecule has 2 heterocycles. The Hall–Kier alpha value is -9.12. The van der Waals surface area contributed by atoms with E-state index in [1.807, 2.05) is 0 Å². The molecule has 0 atom stereocenters. The van der Waals surface area contributed by atoms with Gasteiger partial charge in [0.2, 0.25) is 0 Å². The number of hydrogen-bond donors (Lipinski definition) is 0. The van der Waals surface area contributed by atoms with Crippen molar-refractivity contribution in [2.45, 2.75) is 156 Å². The molecule has 0 bridgehead atoms. The molecule has 2 aliphatic carbocycles. The van der Waals surface area contributed by atoms with E-state index in [1.54, 1.807) is 0 Å². The minimum atomic E-state index is -0.00693. The van der Waals surface area contributed by atoms with Crippen molar-refractivity contribution in [3.8, 4) is 11.4 Å².